The molecule has 0 aliphatic heterocycles. The van der Waals surface area contributed by atoms with Crippen molar-refractivity contribution < 1.29 is 14.5 Å². The van der Waals surface area contributed by atoms with E-state index >= 15 is 0 Å². The van der Waals surface area contributed by atoms with Crippen LogP contribution in [0.3, 0.4) is 0 Å². The first-order valence-electron chi connectivity index (χ1n) is 6.29. The summed E-state index contributed by atoms with van der Waals surface area (Å²) in [4.78, 5) is 22.1. The number of hydrogen-bond donors (Lipinski definition) is 1. The van der Waals surface area contributed by atoms with Crippen LogP contribution in [-0.2, 0) is 11.3 Å². The molecular formula is C15H14N2O4. The highest BCUT2D eigenvalue weighted by atomic mass is 16.6. The molecule has 0 heterocycles. The predicted molar refractivity (Wildman–Crippen MR) is 78.1 cm³/mol. The number of carbonyl (C=O) groups is 1. The van der Waals surface area contributed by atoms with Gasteiger partial charge >= 0.3 is 6.09 Å². The Bertz CT molecular complexity index is 656. The van der Waals surface area contributed by atoms with Gasteiger partial charge in [0.15, 0.2) is 0 Å². The van der Waals surface area contributed by atoms with Gasteiger partial charge in [-0.25, -0.2) is 4.79 Å². The lowest BCUT2D eigenvalue weighted by Gasteiger charge is -2.09. The number of nitrogens with one attached hydrogen (secondary N) is 1. The number of amides is 1. The zero-order valence-corrected chi connectivity index (χ0v) is 11.4. The number of nitro benzene ring substituents is 1. The first-order valence-corrected chi connectivity index (χ1v) is 6.29. The number of hydrogen-bond acceptors (Lipinski definition) is 4. The van der Waals surface area contributed by atoms with E-state index < -0.39 is 11.0 Å². The maximum atomic E-state index is 11.7. The van der Waals surface area contributed by atoms with Gasteiger partial charge in [0.1, 0.15) is 6.61 Å². The Hall–Kier alpha value is -2.89. The third kappa shape index (κ3) is 3.79. The molecule has 2 rings (SSSR count). The largest absolute Gasteiger partial charge is 0.444 e. The third-order valence-electron chi connectivity index (χ3n) is 2.95. The Balaban J connectivity index is 2.00. The Morgan fingerprint density at radius 3 is 2.57 bits per heavy atom. The van der Waals surface area contributed by atoms with E-state index in [-0.39, 0.29) is 12.3 Å². The van der Waals surface area contributed by atoms with Crippen molar-refractivity contribution in [2.24, 2.45) is 0 Å². The summed E-state index contributed by atoms with van der Waals surface area (Å²) >= 11 is 0. The van der Waals surface area contributed by atoms with Crippen molar-refractivity contribution in [1.82, 2.24) is 0 Å². The second-order valence-corrected chi connectivity index (χ2v) is 4.39. The van der Waals surface area contributed by atoms with Crippen LogP contribution in [0.2, 0.25) is 0 Å². The van der Waals surface area contributed by atoms with E-state index in [1.807, 2.05) is 30.3 Å². The maximum Gasteiger partial charge on any atom is 0.411 e. The van der Waals surface area contributed by atoms with Crippen LogP contribution in [0, 0.1) is 17.0 Å². The van der Waals surface area contributed by atoms with E-state index in [1.54, 1.807) is 13.0 Å². The summed E-state index contributed by atoms with van der Waals surface area (Å²) < 4.78 is 5.07. The summed E-state index contributed by atoms with van der Waals surface area (Å²) in [6.45, 7) is 1.71. The fourth-order valence-corrected chi connectivity index (χ4v) is 1.83. The average Bonchev–Trinajstić information content (AvgIpc) is 2.48. The zero-order valence-electron chi connectivity index (χ0n) is 11.4. The minimum absolute atomic E-state index is 0.0455. The molecule has 2 aromatic carbocycles. The molecule has 0 atom stereocenters. The monoisotopic (exact) mass is 286 g/mol. The molecule has 1 amide bonds. The molecule has 0 radical (unpaired) electrons. The molecule has 0 unspecified atom stereocenters. The molecule has 0 spiro atoms. The van der Waals surface area contributed by atoms with Crippen molar-refractivity contribution in [1.29, 1.82) is 0 Å². The quantitative estimate of drug-likeness (QED) is 0.687. The second kappa shape index (κ2) is 6.51. The Morgan fingerprint density at radius 1 is 1.19 bits per heavy atom. The fraction of sp³-hybridized carbons (Fsp3) is 0.133. The number of carbonyl (C=O) groups excluding carboxylic acids is 1. The van der Waals surface area contributed by atoms with E-state index in [9.17, 15) is 14.9 Å². The van der Waals surface area contributed by atoms with Gasteiger partial charge in [-0.3, -0.25) is 15.4 Å². The molecule has 0 fully saturated rings. The lowest BCUT2D eigenvalue weighted by molar-refractivity contribution is -0.385. The van der Waals surface area contributed by atoms with Crippen LogP contribution in [0.15, 0.2) is 48.5 Å². The van der Waals surface area contributed by atoms with Gasteiger partial charge < -0.3 is 4.74 Å². The molecule has 6 nitrogen and oxygen atoms in total. The average molecular weight is 286 g/mol. The van der Waals surface area contributed by atoms with Gasteiger partial charge in [-0.15, -0.1) is 0 Å². The SMILES string of the molecule is Cc1c(NC(=O)OCc2ccccc2)cccc1[N+](=O)[O-]. The summed E-state index contributed by atoms with van der Waals surface area (Å²) in [6, 6.07) is 13.7. The van der Waals surface area contributed by atoms with E-state index in [2.05, 4.69) is 5.32 Å². The highest BCUT2D eigenvalue weighted by Crippen LogP contribution is 2.25. The van der Waals surface area contributed by atoms with Gasteiger partial charge in [0.25, 0.3) is 5.69 Å². The number of nitro groups is 1. The number of rotatable bonds is 4. The van der Waals surface area contributed by atoms with Crippen molar-refractivity contribution in [3.63, 3.8) is 0 Å². The molecule has 21 heavy (non-hydrogen) atoms. The number of nitrogens with zero attached hydrogens (tertiary/aromatic N) is 1. The highest BCUT2D eigenvalue weighted by molar-refractivity contribution is 5.86. The maximum absolute atomic E-state index is 11.7. The lowest BCUT2D eigenvalue weighted by atomic mass is 10.1. The molecule has 108 valence electrons. The van der Waals surface area contributed by atoms with Crippen LogP contribution in [0.4, 0.5) is 16.2 Å². The van der Waals surface area contributed by atoms with Crippen LogP contribution < -0.4 is 5.32 Å². The van der Waals surface area contributed by atoms with Crippen LogP contribution >= 0.6 is 0 Å². The predicted octanol–water partition coefficient (Wildman–Crippen LogP) is 3.65. The van der Waals surface area contributed by atoms with Crippen molar-refractivity contribution in [2.45, 2.75) is 13.5 Å². The van der Waals surface area contributed by atoms with E-state index in [4.69, 9.17) is 4.74 Å². The Kier molecular flexibility index (Phi) is 4.50. The molecule has 1 N–H and O–H groups in total. The van der Waals surface area contributed by atoms with Crippen LogP contribution in [0.5, 0.6) is 0 Å². The molecule has 0 aromatic heterocycles. The molecule has 0 aliphatic rings. The number of ether oxygens (including phenoxy) is 1. The highest BCUT2D eigenvalue weighted by Gasteiger charge is 2.15. The Morgan fingerprint density at radius 2 is 1.90 bits per heavy atom. The first kappa shape index (κ1) is 14.5. The van der Waals surface area contributed by atoms with Gasteiger partial charge in [-0.2, -0.15) is 0 Å². The third-order valence-corrected chi connectivity index (χ3v) is 2.95. The fourth-order valence-electron chi connectivity index (χ4n) is 1.83. The van der Waals surface area contributed by atoms with Gasteiger partial charge in [0, 0.05) is 6.07 Å². The second-order valence-electron chi connectivity index (χ2n) is 4.39. The number of anilines is 1. The van der Waals surface area contributed by atoms with Crippen molar-refractivity contribution in [3.05, 3.63) is 69.8 Å². The topological polar surface area (TPSA) is 81.5 Å². The van der Waals surface area contributed by atoms with E-state index in [0.29, 0.717) is 11.3 Å². The van der Waals surface area contributed by atoms with Gasteiger partial charge in [0.2, 0.25) is 0 Å². The summed E-state index contributed by atoms with van der Waals surface area (Å²) in [6.07, 6.45) is -0.651. The lowest BCUT2D eigenvalue weighted by Crippen LogP contribution is -2.14. The standard InChI is InChI=1S/C15H14N2O4/c1-11-13(8-5-9-14(11)17(19)20)16-15(18)21-10-12-6-3-2-4-7-12/h2-9H,10H2,1H3,(H,16,18). The van der Waals surface area contributed by atoms with Crippen LogP contribution in [0.25, 0.3) is 0 Å². The summed E-state index contributed by atoms with van der Waals surface area (Å²) in [5.74, 6) is 0. The molecule has 0 bridgehead atoms. The summed E-state index contributed by atoms with van der Waals surface area (Å²) in [5.41, 5.74) is 1.57. The van der Waals surface area contributed by atoms with Crippen LogP contribution in [0.1, 0.15) is 11.1 Å². The minimum atomic E-state index is -0.651. The first-order chi connectivity index (χ1) is 10.1. The van der Waals surface area contributed by atoms with Gasteiger partial charge in [-0.05, 0) is 18.6 Å². The molecule has 2 aromatic rings. The van der Waals surface area contributed by atoms with Gasteiger partial charge in [-0.1, -0.05) is 36.4 Å². The molecule has 0 aliphatic carbocycles. The summed E-state index contributed by atoms with van der Waals surface area (Å²) in [7, 11) is 0. The van der Waals surface area contributed by atoms with Gasteiger partial charge in [0.05, 0.1) is 16.2 Å². The van der Waals surface area contributed by atoms with E-state index in [0.717, 1.165) is 5.56 Å². The molecule has 6 heteroatoms. The van der Waals surface area contributed by atoms with Crippen molar-refractivity contribution in [3.8, 4) is 0 Å². The molecular weight excluding hydrogens is 272 g/mol. The molecule has 0 saturated carbocycles. The smallest absolute Gasteiger partial charge is 0.411 e. The number of benzene rings is 2. The molecule has 0 saturated heterocycles. The van der Waals surface area contributed by atoms with Crippen molar-refractivity contribution in [2.75, 3.05) is 5.32 Å². The van der Waals surface area contributed by atoms with Crippen molar-refractivity contribution >= 4 is 17.5 Å². The normalized spacial score (nSPS) is 9.95. The minimum Gasteiger partial charge on any atom is -0.444 e. The van der Waals surface area contributed by atoms with E-state index in [1.165, 1.54) is 12.1 Å². The van der Waals surface area contributed by atoms with Crippen LogP contribution in [-0.4, -0.2) is 11.0 Å². The summed E-state index contributed by atoms with van der Waals surface area (Å²) in [5, 5.41) is 13.3. The zero-order chi connectivity index (χ0) is 15.2. The Labute approximate surface area is 121 Å².